The normalized spacial score (nSPS) is 15.1. The molecule has 1 aromatic carbocycles. The smallest absolute Gasteiger partial charge is 0.310 e. The van der Waals surface area contributed by atoms with Crippen LogP contribution < -0.4 is 9.47 Å². The van der Waals surface area contributed by atoms with Gasteiger partial charge in [-0.2, -0.15) is 0 Å². The van der Waals surface area contributed by atoms with E-state index in [9.17, 15) is 4.79 Å². The van der Waals surface area contributed by atoms with Gasteiger partial charge in [0.1, 0.15) is 0 Å². The summed E-state index contributed by atoms with van der Waals surface area (Å²) in [6, 6.07) is 3.20. The Hall–Kier alpha value is -1.42. The SMILES string of the molecule is CC(C(=O)O)c1cc2c(cc1Cl)OCO2. The average Bonchev–Trinajstić information content (AvgIpc) is 2.62. The van der Waals surface area contributed by atoms with Crippen molar-refractivity contribution >= 4 is 17.6 Å². The monoisotopic (exact) mass is 228 g/mol. The molecule has 1 aliphatic rings. The van der Waals surface area contributed by atoms with Crippen LogP contribution in [0.3, 0.4) is 0 Å². The number of aliphatic carboxylic acids is 1. The molecule has 0 fully saturated rings. The minimum absolute atomic E-state index is 0.149. The maximum Gasteiger partial charge on any atom is 0.310 e. The molecular weight excluding hydrogens is 220 g/mol. The van der Waals surface area contributed by atoms with Gasteiger partial charge in [0, 0.05) is 11.1 Å². The third kappa shape index (κ3) is 1.72. The van der Waals surface area contributed by atoms with Crippen LogP contribution in [0, 0.1) is 0 Å². The summed E-state index contributed by atoms with van der Waals surface area (Å²) in [6.07, 6.45) is 0. The average molecular weight is 229 g/mol. The Balaban J connectivity index is 2.44. The number of carboxylic acid groups (broad SMARTS) is 1. The zero-order valence-corrected chi connectivity index (χ0v) is 8.75. The minimum atomic E-state index is -0.921. The molecule has 2 rings (SSSR count). The van der Waals surface area contributed by atoms with Crippen LogP contribution in [0.25, 0.3) is 0 Å². The molecule has 0 bridgehead atoms. The van der Waals surface area contributed by atoms with Crippen LogP contribution in [0.5, 0.6) is 11.5 Å². The number of halogens is 1. The molecule has 0 amide bonds. The van der Waals surface area contributed by atoms with Gasteiger partial charge in [0.15, 0.2) is 11.5 Å². The number of carbonyl (C=O) groups is 1. The lowest BCUT2D eigenvalue weighted by molar-refractivity contribution is -0.138. The number of fused-ring (bicyclic) bond motifs is 1. The fourth-order valence-electron chi connectivity index (χ4n) is 1.40. The molecule has 0 aromatic heterocycles. The Labute approximate surface area is 91.4 Å². The molecule has 5 heteroatoms. The van der Waals surface area contributed by atoms with E-state index in [1.54, 1.807) is 19.1 Å². The third-order valence-corrected chi connectivity index (χ3v) is 2.66. The topological polar surface area (TPSA) is 55.8 Å². The van der Waals surface area contributed by atoms with E-state index in [2.05, 4.69) is 0 Å². The van der Waals surface area contributed by atoms with Crippen LogP contribution in [0.15, 0.2) is 12.1 Å². The van der Waals surface area contributed by atoms with Crippen LogP contribution in [0.2, 0.25) is 5.02 Å². The summed E-state index contributed by atoms with van der Waals surface area (Å²) in [5.41, 5.74) is 0.536. The highest BCUT2D eigenvalue weighted by atomic mass is 35.5. The van der Waals surface area contributed by atoms with Gasteiger partial charge in [-0.15, -0.1) is 0 Å². The predicted molar refractivity (Wildman–Crippen MR) is 53.6 cm³/mol. The maximum atomic E-state index is 10.8. The Morgan fingerprint density at radius 2 is 2.07 bits per heavy atom. The lowest BCUT2D eigenvalue weighted by Crippen LogP contribution is -2.07. The molecule has 0 aliphatic carbocycles. The molecular formula is C10H9ClO4. The van der Waals surface area contributed by atoms with Crippen molar-refractivity contribution in [2.75, 3.05) is 6.79 Å². The molecule has 0 saturated carbocycles. The highest BCUT2D eigenvalue weighted by Gasteiger charge is 2.22. The summed E-state index contributed by atoms with van der Waals surface area (Å²) in [5.74, 6) is -0.480. The number of ether oxygens (including phenoxy) is 2. The van der Waals surface area contributed by atoms with Crippen molar-refractivity contribution in [1.29, 1.82) is 0 Å². The molecule has 1 N–H and O–H groups in total. The van der Waals surface area contributed by atoms with Crippen molar-refractivity contribution in [2.45, 2.75) is 12.8 Å². The summed E-state index contributed by atoms with van der Waals surface area (Å²) in [7, 11) is 0. The molecule has 1 unspecified atom stereocenters. The Morgan fingerprint density at radius 3 is 2.67 bits per heavy atom. The van der Waals surface area contributed by atoms with E-state index in [0.717, 1.165) is 0 Å². The maximum absolute atomic E-state index is 10.8. The number of carboxylic acids is 1. The third-order valence-electron chi connectivity index (χ3n) is 2.33. The quantitative estimate of drug-likeness (QED) is 0.844. The minimum Gasteiger partial charge on any atom is -0.481 e. The standard InChI is InChI=1S/C10H9ClO4/c1-5(10(12)13)6-2-8-9(3-7(6)11)15-4-14-8/h2-3,5H,4H2,1H3,(H,12,13). The van der Waals surface area contributed by atoms with Gasteiger partial charge in [0.25, 0.3) is 0 Å². The summed E-state index contributed by atoms with van der Waals surface area (Å²) >= 11 is 5.95. The first-order valence-corrected chi connectivity index (χ1v) is 4.79. The van der Waals surface area contributed by atoms with E-state index in [1.807, 2.05) is 0 Å². The number of benzene rings is 1. The highest BCUT2D eigenvalue weighted by molar-refractivity contribution is 6.31. The summed E-state index contributed by atoms with van der Waals surface area (Å²) in [4.78, 5) is 10.8. The van der Waals surface area contributed by atoms with Gasteiger partial charge >= 0.3 is 5.97 Å². The van der Waals surface area contributed by atoms with Gasteiger partial charge < -0.3 is 14.6 Å². The first-order chi connectivity index (χ1) is 7.09. The molecule has 1 aromatic rings. The Kier molecular flexibility index (Phi) is 2.44. The highest BCUT2D eigenvalue weighted by Crippen LogP contribution is 2.39. The van der Waals surface area contributed by atoms with Crippen LogP contribution in [-0.4, -0.2) is 17.9 Å². The van der Waals surface area contributed by atoms with Crippen LogP contribution in [0.4, 0.5) is 0 Å². The molecule has 1 heterocycles. The van der Waals surface area contributed by atoms with Gasteiger partial charge in [-0.25, -0.2) is 0 Å². The first-order valence-electron chi connectivity index (χ1n) is 4.41. The van der Waals surface area contributed by atoms with E-state index in [4.69, 9.17) is 26.2 Å². The zero-order chi connectivity index (χ0) is 11.0. The second-order valence-electron chi connectivity index (χ2n) is 3.29. The largest absolute Gasteiger partial charge is 0.481 e. The van der Waals surface area contributed by atoms with Crippen LogP contribution in [0.1, 0.15) is 18.4 Å². The van der Waals surface area contributed by atoms with Crippen LogP contribution >= 0.6 is 11.6 Å². The van der Waals surface area contributed by atoms with Crippen molar-refractivity contribution in [3.05, 3.63) is 22.7 Å². The van der Waals surface area contributed by atoms with Gasteiger partial charge in [-0.3, -0.25) is 4.79 Å². The second kappa shape index (κ2) is 3.62. The van der Waals surface area contributed by atoms with Gasteiger partial charge in [0.2, 0.25) is 6.79 Å². The molecule has 0 spiro atoms. The molecule has 4 nitrogen and oxygen atoms in total. The summed E-state index contributed by atoms with van der Waals surface area (Å²) < 4.78 is 10.3. The molecule has 80 valence electrons. The second-order valence-corrected chi connectivity index (χ2v) is 3.69. The Morgan fingerprint density at radius 1 is 1.47 bits per heavy atom. The van der Waals surface area contributed by atoms with Gasteiger partial charge in [-0.05, 0) is 18.6 Å². The number of hydrogen-bond acceptors (Lipinski definition) is 3. The van der Waals surface area contributed by atoms with E-state index in [0.29, 0.717) is 22.1 Å². The lowest BCUT2D eigenvalue weighted by Gasteiger charge is -2.09. The predicted octanol–water partition coefficient (Wildman–Crippen LogP) is 2.26. The molecule has 15 heavy (non-hydrogen) atoms. The van der Waals surface area contributed by atoms with E-state index >= 15 is 0 Å². The first kappa shape index (κ1) is 10.1. The molecule has 1 aliphatic heterocycles. The van der Waals surface area contributed by atoms with E-state index in [1.165, 1.54) is 0 Å². The molecule has 0 radical (unpaired) electrons. The summed E-state index contributed by atoms with van der Waals surface area (Å²) in [6.45, 7) is 1.72. The van der Waals surface area contributed by atoms with Crippen molar-refractivity contribution in [1.82, 2.24) is 0 Å². The van der Waals surface area contributed by atoms with Crippen molar-refractivity contribution < 1.29 is 19.4 Å². The zero-order valence-electron chi connectivity index (χ0n) is 7.99. The van der Waals surface area contributed by atoms with Gasteiger partial charge in [-0.1, -0.05) is 11.6 Å². The van der Waals surface area contributed by atoms with Crippen LogP contribution in [-0.2, 0) is 4.79 Å². The fraction of sp³-hybridized carbons (Fsp3) is 0.300. The Bertz CT molecular complexity index is 416. The molecule has 1 atom stereocenters. The van der Waals surface area contributed by atoms with E-state index < -0.39 is 11.9 Å². The fourth-order valence-corrected chi connectivity index (χ4v) is 1.72. The van der Waals surface area contributed by atoms with Crippen molar-refractivity contribution in [3.63, 3.8) is 0 Å². The van der Waals surface area contributed by atoms with E-state index in [-0.39, 0.29) is 6.79 Å². The van der Waals surface area contributed by atoms with Crippen molar-refractivity contribution in [2.24, 2.45) is 0 Å². The lowest BCUT2D eigenvalue weighted by atomic mass is 10.0. The number of hydrogen-bond donors (Lipinski definition) is 1. The molecule has 0 saturated heterocycles. The number of rotatable bonds is 2. The van der Waals surface area contributed by atoms with Gasteiger partial charge in [0.05, 0.1) is 5.92 Å². The van der Waals surface area contributed by atoms with Crippen molar-refractivity contribution in [3.8, 4) is 11.5 Å². The summed E-state index contributed by atoms with van der Waals surface area (Å²) in [5, 5.41) is 9.26.